The molecule has 3 aromatic rings. The fourth-order valence-electron chi connectivity index (χ4n) is 2.97. The van der Waals surface area contributed by atoms with Crippen LogP contribution in [0.3, 0.4) is 0 Å². The van der Waals surface area contributed by atoms with Crippen LogP contribution >= 0.6 is 11.8 Å². The molecule has 1 aliphatic rings. The lowest BCUT2D eigenvalue weighted by Crippen LogP contribution is -2.31. The van der Waals surface area contributed by atoms with Crippen molar-refractivity contribution in [3.8, 4) is 0 Å². The van der Waals surface area contributed by atoms with E-state index in [0.29, 0.717) is 11.7 Å². The van der Waals surface area contributed by atoms with E-state index in [1.807, 2.05) is 25.2 Å². The van der Waals surface area contributed by atoms with Gasteiger partial charge < -0.3 is 5.32 Å². The van der Waals surface area contributed by atoms with Crippen molar-refractivity contribution in [1.29, 1.82) is 0 Å². The minimum absolute atomic E-state index is 0.0291. The maximum Gasteiger partial charge on any atom is 0.230 e. The lowest BCUT2D eigenvalue weighted by molar-refractivity contribution is -0.119. The van der Waals surface area contributed by atoms with Gasteiger partial charge in [0, 0.05) is 7.05 Å². The van der Waals surface area contributed by atoms with Crippen molar-refractivity contribution < 1.29 is 4.79 Å². The second-order valence-electron chi connectivity index (χ2n) is 6.27. The molecule has 0 radical (unpaired) electrons. The van der Waals surface area contributed by atoms with E-state index in [2.05, 4.69) is 32.5 Å². The summed E-state index contributed by atoms with van der Waals surface area (Å²) in [5.74, 6) is 0.915. The molecule has 0 saturated heterocycles. The highest BCUT2D eigenvalue weighted by molar-refractivity contribution is 8.00. The molecule has 1 aromatic carbocycles. The van der Waals surface area contributed by atoms with E-state index >= 15 is 0 Å². The number of hydrogen-bond acceptors (Lipinski definition) is 5. The first-order chi connectivity index (χ1) is 12.2. The summed E-state index contributed by atoms with van der Waals surface area (Å²) >= 11 is 1.42. The Morgan fingerprint density at radius 2 is 2.12 bits per heavy atom. The highest BCUT2D eigenvalue weighted by atomic mass is 32.2. The summed E-state index contributed by atoms with van der Waals surface area (Å²) in [4.78, 5) is 21.0. The van der Waals surface area contributed by atoms with Crippen molar-refractivity contribution in [3.05, 3.63) is 48.4 Å². The van der Waals surface area contributed by atoms with Crippen LogP contribution in [0.15, 0.2) is 47.9 Å². The third kappa shape index (κ3) is 3.51. The van der Waals surface area contributed by atoms with E-state index in [1.54, 1.807) is 10.9 Å². The van der Waals surface area contributed by atoms with Crippen molar-refractivity contribution in [3.63, 3.8) is 0 Å². The van der Waals surface area contributed by atoms with Crippen LogP contribution in [0.1, 0.15) is 24.4 Å². The number of nitrogens with zero attached hydrogens (tertiary/aromatic N) is 4. The maximum atomic E-state index is 12.5. The third-order valence-corrected chi connectivity index (χ3v) is 5.41. The van der Waals surface area contributed by atoms with E-state index in [4.69, 9.17) is 0 Å². The second kappa shape index (κ2) is 6.84. The van der Waals surface area contributed by atoms with Gasteiger partial charge in [-0.15, -0.1) is 0 Å². The van der Waals surface area contributed by atoms with Gasteiger partial charge in [0.1, 0.15) is 11.4 Å². The summed E-state index contributed by atoms with van der Waals surface area (Å²) in [6.45, 7) is 0. The molecule has 0 bridgehead atoms. The number of fused-ring (bicyclic) bond motifs is 1. The average Bonchev–Trinajstić information content (AvgIpc) is 3.42. The van der Waals surface area contributed by atoms with Gasteiger partial charge in [-0.25, -0.2) is 9.97 Å². The van der Waals surface area contributed by atoms with Crippen LogP contribution in [0.5, 0.6) is 0 Å². The smallest absolute Gasteiger partial charge is 0.230 e. The quantitative estimate of drug-likeness (QED) is 0.545. The molecule has 1 amide bonds. The molecule has 1 saturated carbocycles. The first-order valence-corrected chi connectivity index (χ1v) is 9.31. The number of carbonyl (C=O) groups is 1. The molecule has 7 heteroatoms. The zero-order chi connectivity index (χ0) is 17.2. The first kappa shape index (κ1) is 16.1. The van der Waals surface area contributed by atoms with Crippen molar-refractivity contribution in [2.24, 2.45) is 13.0 Å². The predicted octanol–water partition coefficient (Wildman–Crippen LogP) is 2.72. The van der Waals surface area contributed by atoms with Crippen LogP contribution < -0.4 is 5.32 Å². The van der Waals surface area contributed by atoms with E-state index in [9.17, 15) is 4.79 Å². The number of rotatable bonds is 6. The van der Waals surface area contributed by atoms with Gasteiger partial charge in [-0.3, -0.25) is 9.48 Å². The Hall–Kier alpha value is -2.41. The minimum Gasteiger partial charge on any atom is -0.348 e. The minimum atomic E-state index is 0.0291. The summed E-state index contributed by atoms with van der Waals surface area (Å²) in [6, 6.07) is 10.3. The van der Waals surface area contributed by atoms with Crippen LogP contribution in [-0.4, -0.2) is 31.4 Å². The highest BCUT2D eigenvalue weighted by Gasteiger charge is 2.33. The fraction of sp³-hybridized carbons (Fsp3) is 0.333. The second-order valence-corrected chi connectivity index (χ2v) is 7.23. The Balaban J connectivity index is 1.43. The van der Waals surface area contributed by atoms with Gasteiger partial charge in [0.15, 0.2) is 5.65 Å². The molecule has 1 aliphatic carbocycles. The van der Waals surface area contributed by atoms with Gasteiger partial charge >= 0.3 is 0 Å². The average molecular weight is 353 g/mol. The normalized spacial score (nSPS) is 15.2. The number of thioether (sulfide) groups is 1. The van der Waals surface area contributed by atoms with Crippen LogP contribution in [0, 0.1) is 5.92 Å². The molecular weight excluding hydrogens is 334 g/mol. The van der Waals surface area contributed by atoms with Crippen molar-refractivity contribution >= 4 is 28.7 Å². The van der Waals surface area contributed by atoms with Crippen LogP contribution in [0.25, 0.3) is 11.0 Å². The van der Waals surface area contributed by atoms with Gasteiger partial charge in [-0.2, -0.15) is 5.10 Å². The van der Waals surface area contributed by atoms with E-state index in [-0.39, 0.29) is 11.9 Å². The van der Waals surface area contributed by atoms with Crippen molar-refractivity contribution in [2.45, 2.75) is 23.9 Å². The zero-order valence-corrected chi connectivity index (χ0v) is 14.7. The molecule has 128 valence electrons. The van der Waals surface area contributed by atoms with Crippen LogP contribution in [-0.2, 0) is 11.8 Å². The monoisotopic (exact) mass is 353 g/mol. The van der Waals surface area contributed by atoms with Gasteiger partial charge in [0.2, 0.25) is 5.91 Å². The van der Waals surface area contributed by atoms with E-state index in [0.717, 1.165) is 16.1 Å². The number of nitrogens with one attached hydrogen (secondary N) is 1. The van der Waals surface area contributed by atoms with Crippen molar-refractivity contribution in [1.82, 2.24) is 25.1 Å². The fourth-order valence-corrected chi connectivity index (χ4v) is 3.74. The molecule has 0 spiro atoms. The van der Waals surface area contributed by atoms with Gasteiger partial charge in [-0.05, 0) is 24.3 Å². The summed E-state index contributed by atoms with van der Waals surface area (Å²) in [6.07, 6.45) is 5.61. The lowest BCUT2D eigenvalue weighted by atomic mass is 10.0. The highest BCUT2D eigenvalue weighted by Crippen LogP contribution is 2.41. The molecule has 2 aromatic heterocycles. The molecule has 1 fully saturated rings. The summed E-state index contributed by atoms with van der Waals surface area (Å²) in [5.41, 5.74) is 1.96. The largest absolute Gasteiger partial charge is 0.348 e. The standard InChI is InChI=1S/C18H19N5OS/c1-23-17-14(9-21-23)18(20-11-19-17)25-10-15(24)22-16(13-7-8-13)12-5-3-2-4-6-12/h2-6,9,11,13,16H,7-8,10H2,1H3,(H,22,24). The first-order valence-electron chi connectivity index (χ1n) is 8.32. The lowest BCUT2D eigenvalue weighted by Gasteiger charge is -2.18. The molecular formula is C18H19N5OS. The molecule has 25 heavy (non-hydrogen) atoms. The topological polar surface area (TPSA) is 72.7 Å². The predicted molar refractivity (Wildman–Crippen MR) is 97.1 cm³/mol. The molecule has 1 N–H and O–H groups in total. The van der Waals surface area contributed by atoms with Crippen LogP contribution in [0.4, 0.5) is 0 Å². The Morgan fingerprint density at radius 1 is 1.32 bits per heavy atom. The number of amides is 1. The zero-order valence-electron chi connectivity index (χ0n) is 13.9. The third-order valence-electron chi connectivity index (χ3n) is 4.40. The Bertz CT molecular complexity index is 891. The number of aryl methyl sites for hydroxylation is 1. The summed E-state index contributed by atoms with van der Waals surface area (Å²) < 4.78 is 1.71. The molecule has 6 nitrogen and oxygen atoms in total. The number of benzene rings is 1. The number of aromatic nitrogens is 4. The molecule has 0 aliphatic heterocycles. The Labute approximate surface area is 150 Å². The number of hydrogen-bond donors (Lipinski definition) is 1. The van der Waals surface area contributed by atoms with Gasteiger partial charge in [0.25, 0.3) is 0 Å². The molecule has 4 rings (SSSR count). The molecule has 1 atom stereocenters. The maximum absolute atomic E-state index is 12.5. The SMILES string of the molecule is Cn1ncc2c(SCC(=O)NC(c3ccccc3)C3CC3)ncnc21. The molecule has 2 heterocycles. The van der Waals surface area contributed by atoms with E-state index < -0.39 is 0 Å². The Morgan fingerprint density at radius 3 is 2.88 bits per heavy atom. The van der Waals surface area contributed by atoms with Gasteiger partial charge in [0.05, 0.1) is 23.4 Å². The molecule has 1 unspecified atom stereocenters. The number of carbonyl (C=O) groups excluding carboxylic acids is 1. The summed E-state index contributed by atoms with van der Waals surface area (Å²) in [5, 5.41) is 9.07. The van der Waals surface area contributed by atoms with Crippen LogP contribution in [0.2, 0.25) is 0 Å². The van der Waals surface area contributed by atoms with Crippen molar-refractivity contribution in [2.75, 3.05) is 5.75 Å². The van der Waals surface area contributed by atoms with Gasteiger partial charge in [-0.1, -0.05) is 42.1 Å². The van der Waals surface area contributed by atoms with E-state index in [1.165, 1.54) is 36.5 Å². The summed E-state index contributed by atoms with van der Waals surface area (Å²) in [7, 11) is 1.84. The Kier molecular flexibility index (Phi) is 4.40.